The minimum atomic E-state index is -1.78. The molecule has 2 fully saturated rings. The molecule has 2 rings (SSSR count). The summed E-state index contributed by atoms with van der Waals surface area (Å²) >= 11 is 0. The number of ether oxygens (including phenoxy) is 4. The second kappa shape index (κ2) is 19.2. The summed E-state index contributed by atoms with van der Waals surface area (Å²) in [5, 5.41) is 84.6. The van der Waals surface area contributed by atoms with Gasteiger partial charge in [-0.05, 0) is 12.8 Å². The minimum absolute atomic E-state index is 0.269. The molecule has 0 saturated carbocycles. The van der Waals surface area contributed by atoms with E-state index in [9.17, 15) is 45.6 Å². The van der Waals surface area contributed by atoms with Crippen LogP contribution >= 0.6 is 0 Å². The maximum atomic E-state index is 12.6. The van der Waals surface area contributed by atoms with Crippen molar-refractivity contribution in [3.05, 3.63) is 12.2 Å². The lowest BCUT2D eigenvalue weighted by atomic mass is 9.97. The van der Waals surface area contributed by atoms with Crippen molar-refractivity contribution in [1.82, 2.24) is 5.32 Å². The van der Waals surface area contributed by atoms with Crippen LogP contribution in [0.5, 0.6) is 0 Å². The molecule has 14 nitrogen and oxygen atoms in total. The van der Waals surface area contributed by atoms with Gasteiger partial charge in [-0.3, -0.25) is 4.79 Å². The Morgan fingerprint density at radius 2 is 1.48 bits per heavy atom. The van der Waals surface area contributed by atoms with E-state index >= 15 is 0 Å². The fourth-order valence-electron chi connectivity index (χ4n) is 4.82. The summed E-state index contributed by atoms with van der Waals surface area (Å²) in [4.78, 5) is 12.6. The summed E-state index contributed by atoms with van der Waals surface area (Å²) in [6.07, 6.45) is -6.89. The molecule has 12 unspecified atom stereocenters. The third kappa shape index (κ3) is 10.7. The first-order chi connectivity index (χ1) is 20.1. The predicted molar refractivity (Wildman–Crippen MR) is 148 cm³/mol. The summed E-state index contributed by atoms with van der Waals surface area (Å²) < 4.78 is 22.2. The third-order valence-corrected chi connectivity index (χ3v) is 7.46. The number of aliphatic hydroxyl groups is 8. The molecular formula is C28H51NO13. The van der Waals surface area contributed by atoms with Crippen molar-refractivity contribution in [3.63, 3.8) is 0 Å². The van der Waals surface area contributed by atoms with Gasteiger partial charge in [0, 0.05) is 6.42 Å². The largest absolute Gasteiger partial charge is 0.394 e. The highest BCUT2D eigenvalue weighted by Gasteiger charge is 2.50. The zero-order chi connectivity index (χ0) is 31.2. The molecule has 2 aliphatic heterocycles. The van der Waals surface area contributed by atoms with Crippen molar-refractivity contribution in [2.45, 2.75) is 139 Å². The Balaban J connectivity index is 2.04. The van der Waals surface area contributed by atoms with E-state index in [1.54, 1.807) is 12.2 Å². The highest BCUT2D eigenvalue weighted by Crippen LogP contribution is 2.29. The molecule has 2 aliphatic rings. The lowest BCUT2D eigenvalue weighted by Crippen LogP contribution is -2.65. The molecule has 246 valence electrons. The summed E-state index contributed by atoms with van der Waals surface area (Å²) in [6, 6.07) is -0.898. The van der Waals surface area contributed by atoms with Gasteiger partial charge in [-0.15, -0.1) is 0 Å². The number of hydrogen-bond donors (Lipinski definition) is 9. The van der Waals surface area contributed by atoms with Crippen LogP contribution in [-0.4, -0.2) is 140 Å². The molecule has 0 radical (unpaired) electrons. The van der Waals surface area contributed by atoms with E-state index in [2.05, 4.69) is 12.2 Å². The van der Waals surface area contributed by atoms with Crippen LogP contribution in [0.1, 0.15) is 65.2 Å². The van der Waals surface area contributed by atoms with E-state index in [1.807, 2.05) is 6.92 Å². The van der Waals surface area contributed by atoms with E-state index in [0.29, 0.717) is 6.42 Å². The normalized spacial score (nSPS) is 35.3. The van der Waals surface area contributed by atoms with Gasteiger partial charge in [0.1, 0.15) is 48.8 Å². The van der Waals surface area contributed by atoms with Gasteiger partial charge in [-0.2, -0.15) is 0 Å². The lowest BCUT2D eigenvalue weighted by Gasteiger charge is -2.46. The van der Waals surface area contributed by atoms with Crippen LogP contribution in [0.3, 0.4) is 0 Å². The average molecular weight is 610 g/mol. The van der Waals surface area contributed by atoms with Gasteiger partial charge in [0.05, 0.1) is 32.0 Å². The predicted octanol–water partition coefficient (Wildman–Crippen LogP) is -1.81. The fraction of sp³-hybridized carbons (Fsp3) is 0.893. The van der Waals surface area contributed by atoms with E-state index in [4.69, 9.17) is 18.9 Å². The van der Waals surface area contributed by atoms with E-state index in [-0.39, 0.29) is 18.9 Å². The van der Waals surface area contributed by atoms with Crippen LogP contribution in [-0.2, 0) is 23.7 Å². The number of carbonyl (C=O) groups excluding carboxylic acids is 1. The maximum absolute atomic E-state index is 12.6. The second-order valence-corrected chi connectivity index (χ2v) is 10.9. The van der Waals surface area contributed by atoms with Crippen molar-refractivity contribution in [1.29, 1.82) is 0 Å². The van der Waals surface area contributed by atoms with Crippen LogP contribution in [0.15, 0.2) is 12.2 Å². The number of hydrogen-bond acceptors (Lipinski definition) is 13. The Labute approximate surface area is 246 Å². The van der Waals surface area contributed by atoms with Crippen LogP contribution in [0.25, 0.3) is 0 Å². The van der Waals surface area contributed by atoms with Crippen molar-refractivity contribution < 1.29 is 64.6 Å². The molecule has 0 bridgehead atoms. The van der Waals surface area contributed by atoms with Gasteiger partial charge in [0.15, 0.2) is 12.6 Å². The first kappa shape index (κ1) is 36.9. The molecular weight excluding hydrogens is 558 g/mol. The molecule has 9 N–H and O–H groups in total. The molecule has 0 spiro atoms. The van der Waals surface area contributed by atoms with Crippen molar-refractivity contribution in [2.75, 3.05) is 19.8 Å². The Bertz CT molecular complexity index is 785. The van der Waals surface area contributed by atoms with Crippen LogP contribution in [0, 0.1) is 0 Å². The van der Waals surface area contributed by atoms with Gasteiger partial charge in [0.25, 0.3) is 0 Å². The van der Waals surface area contributed by atoms with Gasteiger partial charge < -0.3 is 65.1 Å². The summed E-state index contributed by atoms with van der Waals surface area (Å²) in [7, 11) is 0. The first-order valence-electron chi connectivity index (χ1n) is 14.9. The van der Waals surface area contributed by atoms with Gasteiger partial charge >= 0.3 is 0 Å². The highest BCUT2D eigenvalue weighted by molar-refractivity contribution is 5.76. The number of amides is 1. The molecule has 0 aromatic carbocycles. The third-order valence-electron chi connectivity index (χ3n) is 7.46. The van der Waals surface area contributed by atoms with E-state index in [1.165, 1.54) is 0 Å². The Hall–Kier alpha value is -1.27. The van der Waals surface area contributed by atoms with Gasteiger partial charge in [0.2, 0.25) is 5.91 Å². The summed E-state index contributed by atoms with van der Waals surface area (Å²) in [6.45, 7) is 2.37. The van der Waals surface area contributed by atoms with E-state index < -0.39 is 86.8 Å². The quantitative estimate of drug-likeness (QED) is 0.0617. The number of nitrogens with one attached hydrogen (secondary N) is 1. The lowest BCUT2D eigenvalue weighted by molar-refractivity contribution is -0.359. The zero-order valence-corrected chi connectivity index (χ0v) is 24.5. The first-order valence-corrected chi connectivity index (χ1v) is 14.9. The van der Waals surface area contributed by atoms with Crippen molar-refractivity contribution >= 4 is 5.91 Å². The molecule has 2 saturated heterocycles. The standard InChI is InChI=1S/C28H51NO13/c1-3-5-7-8-10-12-20(33)29-16(17(32)11-9-6-4-2)15-39-27-25(38)23(36)26(19(14-31)41-27)42-28-24(37)22(35)21(34)18(13-30)40-28/h9,11,16-19,21-28,30-32,34-38H,3-8,10,12-15H2,1-2H3,(H,29,33)/b11-9+. The smallest absolute Gasteiger partial charge is 0.220 e. The molecule has 2 heterocycles. The Morgan fingerprint density at radius 1 is 0.833 bits per heavy atom. The highest BCUT2D eigenvalue weighted by atomic mass is 16.7. The van der Waals surface area contributed by atoms with Crippen LogP contribution < -0.4 is 5.32 Å². The summed E-state index contributed by atoms with van der Waals surface area (Å²) in [5.74, 6) is -0.269. The van der Waals surface area contributed by atoms with Crippen molar-refractivity contribution in [2.24, 2.45) is 0 Å². The number of carbonyl (C=O) groups is 1. The van der Waals surface area contributed by atoms with Crippen LogP contribution in [0.2, 0.25) is 0 Å². The van der Waals surface area contributed by atoms with Gasteiger partial charge in [-0.25, -0.2) is 0 Å². The number of rotatable bonds is 18. The van der Waals surface area contributed by atoms with E-state index in [0.717, 1.165) is 38.5 Å². The fourth-order valence-corrected chi connectivity index (χ4v) is 4.82. The topological polar surface area (TPSA) is 228 Å². The number of allylic oxidation sites excluding steroid dienone is 1. The molecule has 0 aromatic heterocycles. The van der Waals surface area contributed by atoms with Crippen molar-refractivity contribution in [3.8, 4) is 0 Å². The van der Waals surface area contributed by atoms with Crippen LogP contribution in [0.4, 0.5) is 0 Å². The number of unbranched alkanes of at least 4 members (excludes halogenated alkanes) is 5. The molecule has 42 heavy (non-hydrogen) atoms. The van der Waals surface area contributed by atoms with Gasteiger partial charge in [-0.1, -0.05) is 58.1 Å². The summed E-state index contributed by atoms with van der Waals surface area (Å²) in [5.41, 5.74) is 0. The molecule has 0 aromatic rings. The zero-order valence-electron chi connectivity index (χ0n) is 24.5. The Morgan fingerprint density at radius 3 is 2.12 bits per heavy atom. The monoisotopic (exact) mass is 609 g/mol. The molecule has 0 aliphatic carbocycles. The Kier molecular flexibility index (Phi) is 16.9. The minimum Gasteiger partial charge on any atom is -0.394 e. The SMILES string of the molecule is CCC/C=C/C(O)C(COC1OC(CO)C(OC2OC(CO)C(O)C(O)C2O)C(O)C1O)NC(=O)CCCCCCC. The molecule has 1 amide bonds. The second-order valence-electron chi connectivity index (χ2n) is 10.9. The maximum Gasteiger partial charge on any atom is 0.220 e. The average Bonchev–Trinajstić information content (AvgIpc) is 2.98. The molecule has 14 heteroatoms. The molecule has 12 atom stereocenters. The number of aliphatic hydroxyl groups excluding tert-OH is 8.